The maximum atomic E-state index is 11.7. The number of anilines is 2. The number of aliphatic hydroxyl groups excluding tert-OH is 4. The van der Waals surface area contributed by atoms with E-state index in [0.29, 0.717) is 5.52 Å². The second-order valence-corrected chi connectivity index (χ2v) is 11.3. The number of likely N-dealkylation sites (N-methyl/N-ethyl adjacent to an activating group) is 1. The molecule has 236 valence electrons. The zero-order chi connectivity index (χ0) is 31.3. The molecule has 12 N–H and O–H groups in total. The molecule has 0 aliphatic carbocycles. The Morgan fingerprint density at radius 1 is 1.00 bits per heavy atom. The number of nitrogens with one attached hydrogen (secondary N) is 2. The second-order valence-electron chi connectivity index (χ2n) is 10.1. The minimum atomic E-state index is -1.45. The molecule has 0 spiro atoms. The van der Waals surface area contributed by atoms with E-state index in [1.165, 1.54) is 35.2 Å². The van der Waals surface area contributed by atoms with E-state index < -0.39 is 54.5 Å². The van der Waals surface area contributed by atoms with Gasteiger partial charge in [-0.2, -0.15) is 0 Å². The number of hydrogen-bond acceptors (Lipinski definition) is 18. The lowest BCUT2D eigenvalue weighted by Gasteiger charge is -2.23. The third-order valence-corrected chi connectivity index (χ3v) is 8.50. The molecule has 9 atom stereocenters. The first-order valence-electron chi connectivity index (χ1n) is 13.4. The number of imidazole rings is 2. The lowest BCUT2D eigenvalue weighted by atomic mass is 10.1. The Kier molecular flexibility index (Phi) is 8.21. The number of fused-ring (bicyclic) bond motifs is 2. The summed E-state index contributed by atoms with van der Waals surface area (Å²) in [6.07, 6.45) is -6.02. The van der Waals surface area contributed by atoms with Gasteiger partial charge in [0.05, 0.1) is 18.2 Å². The number of nitrogens with two attached hydrogens (primary N) is 3. The SMILES string of the molecule is CNC(=O)CNc1ncnc2c1ncn2[C@@H]1O[C@H](C(N)Sc2nc3c(N)ncnc3n2[C@@H]2O[C@H](CN)[C@@H](O)[C@H]2O)[C@@H](O)[C@H]1O. The van der Waals surface area contributed by atoms with Gasteiger partial charge in [0.25, 0.3) is 0 Å². The molecule has 20 nitrogen and oxygen atoms in total. The summed E-state index contributed by atoms with van der Waals surface area (Å²) in [6.45, 7) is -0.108. The first-order valence-corrected chi connectivity index (χ1v) is 14.3. The highest BCUT2D eigenvalue weighted by molar-refractivity contribution is 7.99. The highest BCUT2D eigenvalue weighted by Gasteiger charge is 2.49. The summed E-state index contributed by atoms with van der Waals surface area (Å²) in [6, 6.07) is 0. The van der Waals surface area contributed by atoms with Crippen LogP contribution in [-0.2, 0) is 14.3 Å². The van der Waals surface area contributed by atoms with Gasteiger partial charge in [0.1, 0.15) is 49.3 Å². The molecular weight excluding hydrogens is 602 g/mol. The number of rotatable bonds is 9. The summed E-state index contributed by atoms with van der Waals surface area (Å²) >= 11 is 0.931. The van der Waals surface area contributed by atoms with Crippen molar-refractivity contribution in [2.75, 3.05) is 31.2 Å². The lowest BCUT2D eigenvalue weighted by molar-refractivity contribution is -0.118. The van der Waals surface area contributed by atoms with E-state index in [4.69, 9.17) is 26.7 Å². The number of nitrogens with zero attached hydrogens (tertiary/aromatic N) is 8. The molecule has 2 aliphatic rings. The van der Waals surface area contributed by atoms with Crippen LogP contribution < -0.4 is 27.8 Å². The van der Waals surface area contributed by atoms with Crippen molar-refractivity contribution in [2.45, 2.75) is 59.6 Å². The molecule has 0 aromatic carbocycles. The van der Waals surface area contributed by atoms with Crippen molar-refractivity contribution in [3.8, 4) is 0 Å². The van der Waals surface area contributed by atoms with E-state index in [1.54, 1.807) is 0 Å². The van der Waals surface area contributed by atoms with Gasteiger partial charge in [0.2, 0.25) is 5.91 Å². The molecule has 44 heavy (non-hydrogen) atoms. The van der Waals surface area contributed by atoms with Crippen LogP contribution in [0.4, 0.5) is 11.6 Å². The van der Waals surface area contributed by atoms with Crippen molar-refractivity contribution in [3.05, 3.63) is 19.0 Å². The van der Waals surface area contributed by atoms with Gasteiger partial charge >= 0.3 is 0 Å². The van der Waals surface area contributed by atoms with Crippen molar-refractivity contribution in [3.63, 3.8) is 0 Å². The first kappa shape index (κ1) is 30.2. The number of amides is 1. The Labute approximate surface area is 252 Å². The molecule has 0 radical (unpaired) electrons. The van der Waals surface area contributed by atoms with Gasteiger partial charge in [-0.1, -0.05) is 11.8 Å². The van der Waals surface area contributed by atoms with E-state index in [-0.39, 0.29) is 52.6 Å². The number of thioether (sulfide) groups is 1. The van der Waals surface area contributed by atoms with E-state index in [2.05, 4.69) is 40.5 Å². The summed E-state index contributed by atoms with van der Waals surface area (Å²) in [5.41, 5.74) is 19.2. The Morgan fingerprint density at radius 3 is 2.45 bits per heavy atom. The molecule has 0 bridgehead atoms. The van der Waals surface area contributed by atoms with Crippen LogP contribution in [0.3, 0.4) is 0 Å². The van der Waals surface area contributed by atoms with Crippen LogP contribution in [0.2, 0.25) is 0 Å². The molecule has 2 saturated heterocycles. The Hall–Kier alpha value is -3.80. The summed E-state index contributed by atoms with van der Waals surface area (Å²) in [4.78, 5) is 37.1. The van der Waals surface area contributed by atoms with Crippen LogP contribution in [0.15, 0.2) is 24.1 Å². The van der Waals surface area contributed by atoms with Crippen molar-refractivity contribution >= 4 is 51.6 Å². The molecule has 4 aromatic heterocycles. The average molecular weight is 634 g/mol. The van der Waals surface area contributed by atoms with Gasteiger partial charge in [-0.25, -0.2) is 29.9 Å². The zero-order valence-corrected chi connectivity index (χ0v) is 23.9. The topological polar surface area (TPSA) is 306 Å². The number of carbonyl (C=O) groups excluding carboxylic acids is 1. The van der Waals surface area contributed by atoms with Crippen LogP contribution in [0.5, 0.6) is 0 Å². The van der Waals surface area contributed by atoms with Crippen molar-refractivity contribution in [1.82, 2.24) is 44.4 Å². The summed E-state index contributed by atoms with van der Waals surface area (Å²) in [7, 11) is 1.50. The zero-order valence-electron chi connectivity index (χ0n) is 23.1. The fourth-order valence-corrected chi connectivity index (χ4v) is 6.20. The van der Waals surface area contributed by atoms with E-state index in [0.717, 1.165) is 11.8 Å². The quantitative estimate of drug-likeness (QED) is 0.0626. The van der Waals surface area contributed by atoms with Gasteiger partial charge < -0.3 is 57.7 Å². The van der Waals surface area contributed by atoms with Gasteiger partial charge in [0.15, 0.2) is 51.6 Å². The van der Waals surface area contributed by atoms with E-state index >= 15 is 0 Å². The van der Waals surface area contributed by atoms with Crippen LogP contribution in [0.1, 0.15) is 12.5 Å². The van der Waals surface area contributed by atoms with Crippen LogP contribution >= 0.6 is 11.8 Å². The van der Waals surface area contributed by atoms with E-state index in [1.807, 2.05) is 0 Å². The smallest absolute Gasteiger partial charge is 0.239 e. The molecule has 1 unspecified atom stereocenters. The molecule has 6 rings (SSSR count). The molecule has 0 saturated carbocycles. The van der Waals surface area contributed by atoms with Gasteiger partial charge in [0, 0.05) is 13.6 Å². The number of ether oxygens (including phenoxy) is 2. The number of aromatic nitrogens is 8. The monoisotopic (exact) mass is 633 g/mol. The summed E-state index contributed by atoms with van der Waals surface area (Å²) in [5, 5.41) is 47.7. The Morgan fingerprint density at radius 2 is 1.73 bits per heavy atom. The van der Waals surface area contributed by atoms with Crippen molar-refractivity contribution < 1.29 is 34.7 Å². The fraction of sp³-hybridized carbons (Fsp3) is 0.522. The second kappa shape index (κ2) is 11.9. The number of aliphatic hydroxyl groups is 4. The average Bonchev–Trinajstić information content (AvgIpc) is 3.76. The van der Waals surface area contributed by atoms with Gasteiger partial charge in [-0.05, 0) is 0 Å². The van der Waals surface area contributed by atoms with Crippen LogP contribution in [0, 0.1) is 0 Å². The standard InChI is InChI=1S/C23H31N13O7S/c1-27-8(37)3-28-18-10-19(31-5-30-18)35(6-33-10)21-14(41)12(39)15(43-21)17(26)44-23-34-9-16(25)29-4-32-20(9)36(23)22-13(40)11(38)7(2-24)42-22/h4-7,11-15,17,21-22,38-41H,2-3,24,26H2,1H3,(H,27,37)(H2,25,29,32)(H,28,30,31)/t7-,11-,12+,13-,14-,15+,17?,21-,22-/m1/s1. The molecule has 2 fully saturated rings. The van der Waals surface area contributed by atoms with Gasteiger partial charge in [-0.15, -0.1) is 0 Å². The molecule has 1 amide bonds. The third kappa shape index (κ3) is 5.06. The number of nitrogen functional groups attached to an aromatic ring is 1. The minimum absolute atomic E-state index is 0.0539. The predicted molar refractivity (Wildman–Crippen MR) is 152 cm³/mol. The van der Waals surface area contributed by atoms with Crippen LogP contribution in [-0.4, -0.2) is 128 Å². The Balaban J connectivity index is 1.27. The predicted octanol–water partition coefficient (Wildman–Crippen LogP) is -4.02. The normalized spacial score (nSPS) is 29.4. The Bertz CT molecular complexity index is 1670. The summed E-state index contributed by atoms with van der Waals surface area (Å²) < 4.78 is 14.8. The lowest BCUT2D eigenvalue weighted by Crippen LogP contribution is -2.42. The largest absolute Gasteiger partial charge is 0.387 e. The maximum Gasteiger partial charge on any atom is 0.239 e. The third-order valence-electron chi connectivity index (χ3n) is 7.47. The molecule has 21 heteroatoms. The van der Waals surface area contributed by atoms with Crippen molar-refractivity contribution in [1.29, 1.82) is 0 Å². The number of carbonyl (C=O) groups is 1. The molecule has 6 heterocycles. The maximum absolute atomic E-state index is 11.7. The van der Waals surface area contributed by atoms with Crippen LogP contribution in [0.25, 0.3) is 22.3 Å². The first-order chi connectivity index (χ1) is 21.1. The molecule has 2 aliphatic heterocycles. The fourth-order valence-electron chi connectivity index (χ4n) is 5.15. The van der Waals surface area contributed by atoms with Crippen molar-refractivity contribution in [2.24, 2.45) is 11.5 Å². The minimum Gasteiger partial charge on any atom is -0.387 e. The number of hydrogen-bond donors (Lipinski definition) is 9. The molecule has 4 aromatic rings. The molecular formula is C23H31N13O7S. The highest BCUT2D eigenvalue weighted by Crippen LogP contribution is 2.40. The summed E-state index contributed by atoms with van der Waals surface area (Å²) in [5.74, 6) is 0.0722. The highest BCUT2D eigenvalue weighted by atomic mass is 32.2. The van der Waals surface area contributed by atoms with E-state index in [9.17, 15) is 25.2 Å². The van der Waals surface area contributed by atoms with Gasteiger partial charge in [-0.3, -0.25) is 13.9 Å².